The van der Waals surface area contributed by atoms with Gasteiger partial charge in [-0.05, 0) is 35.4 Å². The van der Waals surface area contributed by atoms with Gasteiger partial charge in [0.15, 0.2) is 0 Å². The average Bonchev–Trinajstić information content (AvgIpc) is 2.49. The summed E-state index contributed by atoms with van der Waals surface area (Å²) in [5, 5.41) is 18.3. The van der Waals surface area contributed by atoms with Gasteiger partial charge in [0.05, 0.1) is 11.3 Å². The molecule has 0 aliphatic heterocycles. The number of benzene rings is 2. The highest BCUT2D eigenvalue weighted by Gasteiger charge is 2.72. The number of carboxylic acid groups (broad SMARTS) is 1. The van der Waals surface area contributed by atoms with Gasteiger partial charge in [0.2, 0.25) is 5.41 Å². The number of phenolic OH excluding ortho intramolecular Hbond substituents is 1. The zero-order chi connectivity index (χ0) is 19.9. The van der Waals surface area contributed by atoms with E-state index in [1.165, 1.54) is 0 Å². The fraction of sp³-hybridized carbons (Fsp3) is 0.188. The molecule has 0 aliphatic carbocycles. The third kappa shape index (κ3) is 2.91. The van der Waals surface area contributed by atoms with Crippen LogP contribution >= 0.6 is 0 Å². The Kier molecular flexibility index (Phi) is 4.57. The Hall–Kier alpha value is -2.91. The number of aromatic hydroxyl groups is 1. The fourth-order valence-corrected chi connectivity index (χ4v) is 2.62. The topological polar surface area (TPSA) is 83.6 Å². The van der Waals surface area contributed by atoms with Crippen molar-refractivity contribution in [2.24, 2.45) is 0 Å². The zero-order valence-corrected chi connectivity index (χ0v) is 12.7. The molecule has 0 aromatic heterocycles. The van der Waals surface area contributed by atoms with Crippen LogP contribution in [0.15, 0.2) is 42.5 Å². The van der Waals surface area contributed by atoms with Crippen LogP contribution < -0.4 is 5.73 Å². The van der Waals surface area contributed by atoms with Crippen LogP contribution in [0.5, 0.6) is 5.75 Å². The highest BCUT2D eigenvalue weighted by Crippen LogP contribution is 2.56. The molecule has 10 heteroatoms. The number of carboxylic acids is 1. The molecule has 0 heterocycles. The summed E-state index contributed by atoms with van der Waals surface area (Å²) >= 11 is 0. The average molecular weight is 379 g/mol. The smallest absolute Gasteiger partial charge is 0.411 e. The molecule has 2 aromatic carbocycles. The Labute approximate surface area is 142 Å². The van der Waals surface area contributed by atoms with Crippen LogP contribution in [0.1, 0.15) is 21.5 Å². The molecule has 0 bridgehead atoms. The Morgan fingerprint density at radius 2 is 1.31 bits per heavy atom. The summed E-state index contributed by atoms with van der Waals surface area (Å²) in [6, 6.07) is 3.70. The second kappa shape index (κ2) is 6.11. The van der Waals surface area contributed by atoms with Crippen molar-refractivity contribution in [2.75, 3.05) is 5.73 Å². The van der Waals surface area contributed by atoms with Gasteiger partial charge in [-0.25, -0.2) is 4.79 Å². The van der Waals surface area contributed by atoms with E-state index >= 15 is 0 Å². The Morgan fingerprint density at radius 3 is 1.69 bits per heavy atom. The van der Waals surface area contributed by atoms with E-state index in [-0.39, 0.29) is 0 Å². The highest BCUT2D eigenvalue weighted by molar-refractivity contribution is 5.87. The van der Waals surface area contributed by atoms with Crippen LogP contribution in [-0.2, 0) is 5.41 Å². The van der Waals surface area contributed by atoms with Crippen LogP contribution in [0.25, 0.3) is 0 Å². The summed E-state index contributed by atoms with van der Waals surface area (Å²) < 4.78 is 82.7. The highest BCUT2D eigenvalue weighted by atomic mass is 19.4. The van der Waals surface area contributed by atoms with Gasteiger partial charge in [-0.2, -0.15) is 26.3 Å². The molecule has 0 spiro atoms. The third-order valence-corrected chi connectivity index (χ3v) is 3.88. The number of hydrogen-bond donors (Lipinski definition) is 3. The molecule has 140 valence electrons. The van der Waals surface area contributed by atoms with Crippen LogP contribution in [0.2, 0.25) is 0 Å². The number of nitrogens with two attached hydrogens (primary N) is 1. The number of rotatable bonds is 3. The number of hydrogen-bond acceptors (Lipinski definition) is 3. The van der Waals surface area contributed by atoms with E-state index in [1.54, 1.807) is 0 Å². The predicted octanol–water partition coefficient (Wildman–Crippen LogP) is 4.08. The monoisotopic (exact) mass is 379 g/mol. The van der Waals surface area contributed by atoms with Crippen molar-refractivity contribution in [2.45, 2.75) is 17.8 Å². The summed E-state index contributed by atoms with van der Waals surface area (Å²) in [6.07, 6.45) is -11.7. The molecule has 0 amide bonds. The first-order valence-corrected chi connectivity index (χ1v) is 6.88. The number of anilines is 1. The molecule has 2 rings (SSSR count). The Bertz CT molecular complexity index is 813. The van der Waals surface area contributed by atoms with Crippen molar-refractivity contribution in [1.29, 1.82) is 0 Å². The minimum Gasteiger partial charge on any atom is -0.506 e. The van der Waals surface area contributed by atoms with Crippen molar-refractivity contribution >= 4 is 11.7 Å². The molecule has 0 aliphatic rings. The molecule has 26 heavy (non-hydrogen) atoms. The van der Waals surface area contributed by atoms with Gasteiger partial charge in [-0.3, -0.25) is 0 Å². The van der Waals surface area contributed by atoms with Gasteiger partial charge in [0, 0.05) is 0 Å². The Balaban J connectivity index is 2.88. The van der Waals surface area contributed by atoms with Crippen LogP contribution in [-0.4, -0.2) is 28.5 Å². The summed E-state index contributed by atoms with van der Waals surface area (Å²) in [6.45, 7) is 0. The predicted molar refractivity (Wildman–Crippen MR) is 78.8 cm³/mol. The van der Waals surface area contributed by atoms with Gasteiger partial charge in [0.25, 0.3) is 0 Å². The molecule has 0 atom stereocenters. The van der Waals surface area contributed by atoms with Gasteiger partial charge in [0.1, 0.15) is 5.75 Å². The molecule has 2 aromatic rings. The number of alkyl halides is 6. The van der Waals surface area contributed by atoms with E-state index in [0.717, 1.165) is 6.07 Å². The summed E-state index contributed by atoms with van der Waals surface area (Å²) in [5.74, 6) is -2.45. The molecule has 0 saturated carbocycles. The molecule has 0 unspecified atom stereocenters. The number of carbonyl (C=O) groups is 1. The minimum absolute atomic E-state index is 0.293. The molecular formula is C16H11F6NO3. The summed E-state index contributed by atoms with van der Waals surface area (Å²) in [4.78, 5) is 10.8. The van der Waals surface area contributed by atoms with Crippen molar-refractivity contribution in [3.63, 3.8) is 0 Å². The van der Waals surface area contributed by atoms with Crippen molar-refractivity contribution in [3.05, 3.63) is 59.2 Å². The number of halogens is 6. The minimum atomic E-state index is -5.85. The lowest BCUT2D eigenvalue weighted by atomic mass is 9.72. The number of nitrogen functional groups attached to an aromatic ring is 1. The van der Waals surface area contributed by atoms with Crippen molar-refractivity contribution in [1.82, 2.24) is 0 Å². The van der Waals surface area contributed by atoms with E-state index < -0.39 is 51.9 Å². The SMILES string of the molecule is Nc1ccc(C(c2ccc(C(=O)O)cc2)(C(F)(F)F)C(F)(F)F)cc1O. The fourth-order valence-electron chi connectivity index (χ4n) is 2.62. The molecular weight excluding hydrogens is 368 g/mol. The van der Waals surface area contributed by atoms with E-state index in [2.05, 4.69) is 0 Å². The normalized spacial score (nSPS) is 12.8. The van der Waals surface area contributed by atoms with Crippen LogP contribution in [0, 0.1) is 0 Å². The lowest BCUT2D eigenvalue weighted by molar-refractivity contribution is -0.288. The van der Waals surface area contributed by atoms with E-state index in [4.69, 9.17) is 10.8 Å². The first kappa shape index (κ1) is 19.4. The molecule has 0 radical (unpaired) electrons. The van der Waals surface area contributed by atoms with E-state index in [9.17, 15) is 36.2 Å². The standard InChI is InChI=1S/C16H11F6NO3/c17-15(18,19)14(16(20,21)22,10-5-6-11(23)12(24)7-10)9-3-1-8(2-4-9)13(25)26/h1-7,24H,23H2,(H,25,26). The van der Waals surface area contributed by atoms with Gasteiger partial charge in [-0.15, -0.1) is 0 Å². The Morgan fingerprint density at radius 1 is 0.846 bits per heavy atom. The van der Waals surface area contributed by atoms with Gasteiger partial charge >= 0.3 is 18.3 Å². The molecule has 4 N–H and O–H groups in total. The first-order chi connectivity index (χ1) is 11.8. The van der Waals surface area contributed by atoms with Gasteiger partial charge < -0.3 is 15.9 Å². The lowest BCUT2D eigenvalue weighted by Crippen LogP contribution is -2.54. The third-order valence-electron chi connectivity index (χ3n) is 3.88. The maximum Gasteiger partial charge on any atom is 0.411 e. The first-order valence-electron chi connectivity index (χ1n) is 6.88. The quantitative estimate of drug-likeness (QED) is 0.426. The van der Waals surface area contributed by atoms with Gasteiger partial charge in [-0.1, -0.05) is 18.2 Å². The van der Waals surface area contributed by atoms with E-state index in [1.807, 2.05) is 0 Å². The lowest BCUT2D eigenvalue weighted by Gasteiger charge is -2.38. The second-order valence-corrected chi connectivity index (χ2v) is 5.40. The number of aromatic carboxylic acids is 1. The van der Waals surface area contributed by atoms with Crippen molar-refractivity contribution < 1.29 is 41.4 Å². The largest absolute Gasteiger partial charge is 0.506 e. The molecule has 0 saturated heterocycles. The summed E-state index contributed by atoms with van der Waals surface area (Å²) in [5.41, 5.74) is -2.64. The van der Waals surface area contributed by atoms with Crippen LogP contribution in [0.4, 0.5) is 32.0 Å². The summed E-state index contributed by atoms with van der Waals surface area (Å²) in [7, 11) is 0. The maximum absolute atomic E-state index is 13.8. The zero-order valence-electron chi connectivity index (χ0n) is 12.7. The second-order valence-electron chi connectivity index (χ2n) is 5.40. The van der Waals surface area contributed by atoms with Crippen molar-refractivity contribution in [3.8, 4) is 5.75 Å². The number of phenols is 1. The molecule has 0 fully saturated rings. The molecule has 4 nitrogen and oxygen atoms in total. The van der Waals surface area contributed by atoms with Crippen LogP contribution in [0.3, 0.4) is 0 Å². The van der Waals surface area contributed by atoms with E-state index in [0.29, 0.717) is 36.4 Å². The maximum atomic E-state index is 13.8.